The van der Waals surface area contributed by atoms with E-state index in [2.05, 4.69) is 53.4 Å². The highest BCUT2D eigenvalue weighted by Gasteiger charge is 2.08. The molecule has 0 aliphatic heterocycles. The zero-order chi connectivity index (χ0) is 13.7. The average Bonchev–Trinajstić information content (AvgIpc) is 2.47. The van der Waals surface area contributed by atoms with E-state index in [4.69, 9.17) is 0 Å². The van der Waals surface area contributed by atoms with E-state index in [0.717, 1.165) is 35.1 Å². The summed E-state index contributed by atoms with van der Waals surface area (Å²) in [6.07, 6.45) is 0.937. The first-order valence-electron chi connectivity index (χ1n) is 6.46. The Balaban J connectivity index is 2.16. The van der Waals surface area contributed by atoms with Gasteiger partial charge in [0.1, 0.15) is 11.6 Å². The predicted molar refractivity (Wildman–Crippen MR) is 81.7 cm³/mol. The van der Waals surface area contributed by atoms with Crippen LogP contribution in [0.2, 0.25) is 0 Å². The number of thioether (sulfide) groups is 1. The topological polar surface area (TPSA) is 37.8 Å². The third kappa shape index (κ3) is 3.47. The van der Waals surface area contributed by atoms with Crippen molar-refractivity contribution in [1.82, 2.24) is 9.97 Å². The fourth-order valence-corrected chi connectivity index (χ4v) is 2.71. The van der Waals surface area contributed by atoms with E-state index in [1.807, 2.05) is 13.1 Å². The maximum Gasteiger partial charge on any atom is 0.141 e. The minimum Gasteiger partial charge on any atom is -0.373 e. The van der Waals surface area contributed by atoms with Gasteiger partial charge in [-0.05, 0) is 25.5 Å². The lowest BCUT2D eigenvalue weighted by molar-refractivity contribution is 0.920. The monoisotopic (exact) mass is 273 g/mol. The largest absolute Gasteiger partial charge is 0.373 e. The van der Waals surface area contributed by atoms with Gasteiger partial charge in [-0.1, -0.05) is 25.1 Å². The van der Waals surface area contributed by atoms with Gasteiger partial charge in [-0.25, -0.2) is 9.97 Å². The van der Waals surface area contributed by atoms with Gasteiger partial charge in [-0.15, -0.1) is 11.8 Å². The molecule has 2 aromatic rings. The van der Waals surface area contributed by atoms with Crippen LogP contribution in [0.15, 0.2) is 35.2 Å². The maximum atomic E-state index is 4.64. The van der Waals surface area contributed by atoms with Crippen LogP contribution >= 0.6 is 11.8 Å². The van der Waals surface area contributed by atoms with Crippen molar-refractivity contribution in [2.24, 2.45) is 0 Å². The first kappa shape index (κ1) is 13.9. The molecule has 0 amide bonds. The lowest BCUT2D eigenvalue weighted by Gasteiger charge is -2.11. The highest BCUT2D eigenvalue weighted by Crippen LogP contribution is 2.23. The summed E-state index contributed by atoms with van der Waals surface area (Å²) >= 11 is 1.76. The van der Waals surface area contributed by atoms with Gasteiger partial charge in [0.25, 0.3) is 0 Å². The van der Waals surface area contributed by atoms with Crippen LogP contribution < -0.4 is 5.32 Å². The van der Waals surface area contributed by atoms with Crippen LogP contribution in [0.3, 0.4) is 0 Å². The second-order valence-electron chi connectivity index (χ2n) is 4.27. The number of aryl methyl sites for hydroxylation is 1. The Morgan fingerprint density at radius 2 is 1.89 bits per heavy atom. The molecular formula is C15H19N3S. The molecule has 0 aliphatic rings. The molecule has 0 aliphatic carbocycles. The third-order valence-electron chi connectivity index (χ3n) is 2.98. The summed E-state index contributed by atoms with van der Waals surface area (Å²) in [4.78, 5) is 10.5. The van der Waals surface area contributed by atoms with Gasteiger partial charge in [-0.3, -0.25) is 0 Å². The van der Waals surface area contributed by atoms with Crippen LogP contribution in [0.25, 0.3) is 0 Å². The SMILES string of the molecule is CCc1nc(CSc2ccccc2)nc(NC)c1C. The van der Waals surface area contributed by atoms with E-state index in [-0.39, 0.29) is 0 Å². The van der Waals surface area contributed by atoms with Crippen LogP contribution in [-0.4, -0.2) is 17.0 Å². The Morgan fingerprint density at radius 1 is 1.16 bits per heavy atom. The van der Waals surface area contributed by atoms with Gasteiger partial charge in [0, 0.05) is 23.2 Å². The fourth-order valence-electron chi connectivity index (χ4n) is 1.93. The third-order valence-corrected chi connectivity index (χ3v) is 3.98. The van der Waals surface area contributed by atoms with Crippen molar-refractivity contribution in [3.8, 4) is 0 Å². The van der Waals surface area contributed by atoms with Crippen molar-refractivity contribution < 1.29 is 0 Å². The standard InChI is InChI=1S/C15H19N3S/c1-4-13-11(2)15(16-3)18-14(17-13)10-19-12-8-6-5-7-9-12/h5-9H,4,10H2,1-3H3,(H,16,17,18). The molecule has 0 saturated heterocycles. The molecule has 3 nitrogen and oxygen atoms in total. The molecule has 0 spiro atoms. The Morgan fingerprint density at radius 3 is 2.53 bits per heavy atom. The zero-order valence-corrected chi connectivity index (χ0v) is 12.4. The Hall–Kier alpha value is -1.55. The van der Waals surface area contributed by atoms with Crippen molar-refractivity contribution in [2.75, 3.05) is 12.4 Å². The van der Waals surface area contributed by atoms with Crippen molar-refractivity contribution in [1.29, 1.82) is 0 Å². The number of hydrogen-bond acceptors (Lipinski definition) is 4. The second kappa shape index (κ2) is 6.57. The van der Waals surface area contributed by atoms with Crippen LogP contribution in [-0.2, 0) is 12.2 Å². The average molecular weight is 273 g/mol. The number of anilines is 1. The van der Waals surface area contributed by atoms with Crippen molar-refractivity contribution in [3.63, 3.8) is 0 Å². The molecule has 1 aromatic heterocycles. The summed E-state index contributed by atoms with van der Waals surface area (Å²) in [5.41, 5.74) is 2.28. The molecule has 19 heavy (non-hydrogen) atoms. The van der Waals surface area contributed by atoms with E-state index in [9.17, 15) is 0 Å². The summed E-state index contributed by atoms with van der Waals surface area (Å²) in [6.45, 7) is 4.20. The lowest BCUT2D eigenvalue weighted by Crippen LogP contribution is -2.06. The van der Waals surface area contributed by atoms with Crippen LogP contribution in [0, 0.1) is 6.92 Å². The van der Waals surface area contributed by atoms with Gasteiger partial charge < -0.3 is 5.32 Å². The van der Waals surface area contributed by atoms with Gasteiger partial charge >= 0.3 is 0 Å². The molecule has 0 unspecified atom stereocenters. The first-order chi connectivity index (χ1) is 9.24. The molecule has 4 heteroatoms. The summed E-state index contributed by atoms with van der Waals surface area (Å²) in [5, 5.41) is 3.15. The van der Waals surface area contributed by atoms with Crippen molar-refractivity contribution in [2.45, 2.75) is 30.9 Å². The molecule has 1 N–H and O–H groups in total. The summed E-state index contributed by atoms with van der Waals surface area (Å²) in [5.74, 6) is 2.63. The van der Waals surface area contributed by atoms with Crippen LogP contribution in [0.5, 0.6) is 0 Å². The molecule has 100 valence electrons. The Bertz CT molecular complexity index is 515. The number of rotatable bonds is 5. The number of hydrogen-bond donors (Lipinski definition) is 1. The van der Waals surface area contributed by atoms with Crippen LogP contribution in [0.1, 0.15) is 24.0 Å². The van der Waals surface area contributed by atoms with E-state index < -0.39 is 0 Å². The molecule has 1 aromatic carbocycles. The van der Waals surface area contributed by atoms with Gasteiger partial charge in [0.2, 0.25) is 0 Å². The molecule has 0 bridgehead atoms. The van der Waals surface area contributed by atoms with Gasteiger partial charge in [0.15, 0.2) is 0 Å². The molecule has 0 fully saturated rings. The molecule has 0 saturated carbocycles. The molecule has 0 radical (unpaired) electrons. The Labute approximate surface area is 118 Å². The van der Waals surface area contributed by atoms with Crippen molar-refractivity contribution in [3.05, 3.63) is 47.4 Å². The molecular weight excluding hydrogens is 254 g/mol. The summed E-state index contributed by atoms with van der Waals surface area (Å²) < 4.78 is 0. The minimum absolute atomic E-state index is 0.798. The fraction of sp³-hybridized carbons (Fsp3) is 0.333. The number of benzene rings is 1. The predicted octanol–water partition coefficient (Wildman–Crippen LogP) is 3.68. The number of aromatic nitrogens is 2. The van der Waals surface area contributed by atoms with E-state index in [0.29, 0.717) is 0 Å². The zero-order valence-electron chi connectivity index (χ0n) is 11.6. The highest BCUT2D eigenvalue weighted by atomic mass is 32.2. The molecule has 1 heterocycles. The summed E-state index contributed by atoms with van der Waals surface area (Å²) in [6, 6.07) is 10.3. The second-order valence-corrected chi connectivity index (χ2v) is 5.31. The maximum absolute atomic E-state index is 4.64. The lowest BCUT2D eigenvalue weighted by atomic mass is 10.2. The summed E-state index contributed by atoms with van der Waals surface area (Å²) in [7, 11) is 1.91. The normalized spacial score (nSPS) is 10.5. The van der Waals surface area contributed by atoms with Gasteiger partial charge in [-0.2, -0.15) is 0 Å². The van der Waals surface area contributed by atoms with E-state index in [1.54, 1.807) is 11.8 Å². The highest BCUT2D eigenvalue weighted by molar-refractivity contribution is 7.98. The minimum atomic E-state index is 0.798. The Kier molecular flexibility index (Phi) is 4.80. The molecule has 0 atom stereocenters. The van der Waals surface area contributed by atoms with Gasteiger partial charge in [0.05, 0.1) is 5.75 Å². The first-order valence-corrected chi connectivity index (χ1v) is 7.45. The van der Waals surface area contributed by atoms with Crippen LogP contribution in [0.4, 0.5) is 5.82 Å². The molecule has 2 rings (SSSR count). The van der Waals surface area contributed by atoms with Crippen molar-refractivity contribution >= 4 is 17.6 Å². The smallest absolute Gasteiger partial charge is 0.141 e. The van der Waals surface area contributed by atoms with E-state index in [1.165, 1.54) is 4.90 Å². The quantitative estimate of drug-likeness (QED) is 0.843. The van der Waals surface area contributed by atoms with E-state index >= 15 is 0 Å². The number of nitrogens with one attached hydrogen (secondary N) is 1. The number of nitrogens with zero attached hydrogens (tertiary/aromatic N) is 2.